The Morgan fingerprint density at radius 3 is 3.17 bits per heavy atom. The SMILES string of the molecule is O=C(Nc1nnc(C2CCCO2)s1)c1cscn1. The third kappa shape index (κ3) is 2.40. The van der Waals surface area contributed by atoms with E-state index in [0.29, 0.717) is 10.8 Å². The van der Waals surface area contributed by atoms with Gasteiger partial charge in [-0.1, -0.05) is 11.3 Å². The van der Waals surface area contributed by atoms with Gasteiger partial charge in [-0.2, -0.15) is 0 Å². The van der Waals surface area contributed by atoms with Crippen molar-refractivity contribution in [1.82, 2.24) is 15.2 Å². The van der Waals surface area contributed by atoms with Crippen LogP contribution in [0.2, 0.25) is 0 Å². The van der Waals surface area contributed by atoms with E-state index in [1.165, 1.54) is 22.7 Å². The van der Waals surface area contributed by atoms with Crippen LogP contribution in [0.5, 0.6) is 0 Å². The van der Waals surface area contributed by atoms with Crippen molar-refractivity contribution in [3.05, 3.63) is 21.6 Å². The van der Waals surface area contributed by atoms with Crippen LogP contribution in [0.4, 0.5) is 5.13 Å². The minimum atomic E-state index is -0.258. The molecule has 0 spiro atoms. The molecule has 1 N–H and O–H groups in total. The van der Waals surface area contributed by atoms with Crippen molar-refractivity contribution in [3.8, 4) is 0 Å². The van der Waals surface area contributed by atoms with Crippen molar-refractivity contribution >= 4 is 33.7 Å². The predicted octanol–water partition coefficient (Wildman–Crippen LogP) is 2.10. The van der Waals surface area contributed by atoms with Gasteiger partial charge in [0.1, 0.15) is 16.8 Å². The van der Waals surface area contributed by atoms with Crippen LogP contribution in [0.1, 0.15) is 34.4 Å². The van der Waals surface area contributed by atoms with Gasteiger partial charge in [-0.3, -0.25) is 10.1 Å². The maximum Gasteiger partial charge on any atom is 0.276 e. The third-order valence-electron chi connectivity index (χ3n) is 2.53. The summed E-state index contributed by atoms with van der Waals surface area (Å²) in [5.41, 5.74) is 2.01. The minimum absolute atomic E-state index is 0.0347. The summed E-state index contributed by atoms with van der Waals surface area (Å²) in [5, 5.41) is 13.7. The van der Waals surface area contributed by atoms with Gasteiger partial charge in [-0.25, -0.2) is 4.98 Å². The third-order valence-corrected chi connectivity index (χ3v) is 4.05. The molecule has 0 saturated carbocycles. The molecule has 18 heavy (non-hydrogen) atoms. The molecule has 2 aromatic rings. The number of nitrogens with one attached hydrogen (secondary N) is 1. The highest BCUT2D eigenvalue weighted by atomic mass is 32.1. The number of hydrogen-bond acceptors (Lipinski definition) is 7. The van der Waals surface area contributed by atoms with Crippen molar-refractivity contribution in [1.29, 1.82) is 0 Å². The molecule has 6 nitrogen and oxygen atoms in total. The van der Waals surface area contributed by atoms with E-state index in [0.717, 1.165) is 24.5 Å². The number of carbonyl (C=O) groups excluding carboxylic acids is 1. The number of ether oxygens (including phenoxy) is 1. The summed E-state index contributed by atoms with van der Waals surface area (Å²) >= 11 is 2.73. The van der Waals surface area contributed by atoms with Crippen LogP contribution >= 0.6 is 22.7 Å². The zero-order valence-corrected chi connectivity index (χ0v) is 11.0. The molecule has 1 unspecified atom stereocenters. The molecule has 2 aromatic heterocycles. The highest BCUT2D eigenvalue weighted by molar-refractivity contribution is 7.15. The lowest BCUT2D eigenvalue weighted by atomic mass is 10.2. The summed E-state index contributed by atoms with van der Waals surface area (Å²) in [6, 6.07) is 0. The van der Waals surface area contributed by atoms with Crippen LogP contribution in [0, 0.1) is 0 Å². The lowest BCUT2D eigenvalue weighted by molar-refractivity contribution is 0.102. The Morgan fingerprint density at radius 1 is 1.50 bits per heavy atom. The van der Waals surface area contributed by atoms with Crippen LogP contribution in [0.25, 0.3) is 0 Å². The van der Waals surface area contributed by atoms with Crippen LogP contribution in [-0.2, 0) is 4.74 Å². The molecule has 1 aliphatic heterocycles. The van der Waals surface area contributed by atoms with E-state index < -0.39 is 0 Å². The number of aromatic nitrogens is 3. The van der Waals surface area contributed by atoms with Crippen LogP contribution < -0.4 is 5.32 Å². The molecule has 1 fully saturated rings. The fourth-order valence-electron chi connectivity index (χ4n) is 1.67. The van der Waals surface area contributed by atoms with Crippen molar-refractivity contribution in [2.24, 2.45) is 0 Å². The second kappa shape index (κ2) is 5.09. The van der Waals surface area contributed by atoms with Gasteiger partial charge < -0.3 is 4.74 Å². The highest BCUT2D eigenvalue weighted by Crippen LogP contribution is 2.31. The van der Waals surface area contributed by atoms with Crippen molar-refractivity contribution in [3.63, 3.8) is 0 Å². The summed E-state index contributed by atoms with van der Waals surface area (Å²) in [7, 11) is 0. The number of thiazole rings is 1. The summed E-state index contributed by atoms with van der Waals surface area (Å²) in [5.74, 6) is -0.258. The minimum Gasteiger partial charge on any atom is -0.371 e. The Morgan fingerprint density at radius 2 is 2.44 bits per heavy atom. The van der Waals surface area contributed by atoms with Crippen molar-refractivity contribution in [2.45, 2.75) is 18.9 Å². The monoisotopic (exact) mass is 282 g/mol. The van der Waals surface area contributed by atoms with Gasteiger partial charge in [0.05, 0.1) is 5.51 Å². The second-order valence-corrected chi connectivity index (χ2v) is 5.50. The van der Waals surface area contributed by atoms with Crippen LogP contribution in [-0.4, -0.2) is 27.7 Å². The molecule has 1 saturated heterocycles. The van der Waals surface area contributed by atoms with Gasteiger partial charge >= 0.3 is 0 Å². The average molecular weight is 282 g/mol. The van der Waals surface area contributed by atoms with E-state index >= 15 is 0 Å². The standard InChI is InChI=1S/C10H10N4O2S2/c15-8(6-4-17-5-11-6)12-10-14-13-9(18-10)7-2-1-3-16-7/h4-5,7H,1-3H2,(H,12,14,15). The molecule has 1 amide bonds. The lowest BCUT2D eigenvalue weighted by Crippen LogP contribution is -2.11. The van der Waals surface area contributed by atoms with Gasteiger partial charge in [0.15, 0.2) is 0 Å². The fraction of sp³-hybridized carbons (Fsp3) is 0.400. The Kier molecular flexibility index (Phi) is 3.31. The molecule has 0 aliphatic carbocycles. The number of rotatable bonds is 3. The van der Waals surface area contributed by atoms with E-state index in [4.69, 9.17) is 4.74 Å². The molecule has 94 valence electrons. The molecule has 0 radical (unpaired) electrons. The summed E-state index contributed by atoms with van der Waals surface area (Å²) in [6.45, 7) is 0.769. The fourth-order valence-corrected chi connectivity index (χ4v) is 3.03. The van der Waals surface area contributed by atoms with Crippen LogP contribution in [0.15, 0.2) is 10.9 Å². The maximum absolute atomic E-state index is 11.7. The summed E-state index contributed by atoms with van der Waals surface area (Å²) < 4.78 is 5.51. The summed E-state index contributed by atoms with van der Waals surface area (Å²) in [4.78, 5) is 15.7. The first-order chi connectivity index (χ1) is 8.83. The van der Waals surface area contributed by atoms with Gasteiger partial charge in [-0.05, 0) is 12.8 Å². The molecule has 3 heterocycles. The maximum atomic E-state index is 11.7. The average Bonchev–Trinajstić information content (AvgIpc) is 3.12. The first-order valence-corrected chi connectivity index (χ1v) is 7.23. The van der Waals surface area contributed by atoms with Crippen molar-refractivity contribution in [2.75, 3.05) is 11.9 Å². The number of carbonyl (C=O) groups is 1. The van der Waals surface area contributed by atoms with Gasteiger partial charge in [0.25, 0.3) is 5.91 Å². The number of anilines is 1. The molecule has 1 aliphatic rings. The predicted molar refractivity (Wildman–Crippen MR) is 67.9 cm³/mol. The lowest BCUT2D eigenvalue weighted by Gasteiger charge is -2.02. The number of hydrogen-bond donors (Lipinski definition) is 1. The molecule has 1 atom stereocenters. The summed E-state index contributed by atoms with van der Waals surface area (Å²) in [6.07, 6.45) is 2.05. The number of amides is 1. The topological polar surface area (TPSA) is 77.0 Å². The normalized spacial score (nSPS) is 19.0. The highest BCUT2D eigenvalue weighted by Gasteiger charge is 2.22. The van der Waals surface area contributed by atoms with Crippen LogP contribution in [0.3, 0.4) is 0 Å². The van der Waals surface area contributed by atoms with E-state index in [9.17, 15) is 4.79 Å². The Balaban J connectivity index is 1.68. The quantitative estimate of drug-likeness (QED) is 0.932. The number of nitrogens with zero attached hydrogens (tertiary/aromatic N) is 3. The molecule has 0 aromatic carbocycles. The Hall–Kier alpha value is -1.38. The molecule has 3 rings (SSSR count). The Bertz CT molecular complexity index is 534. The zero-order valence-electron chi connectivity index (χ0n) is 9.33. The van der Waals surface area contributed by atoms with Gasteiger partial charge in [-0.15, -0.1) is 21.5 Å². The largest absolute Gasteiger partial charge is 0.371 e. The first-order valence-electron chi connectivity index (χ1n) is 5.47. The smallest absolute Gasteiger partial charge is 0.276 e. The van der Waals surface area contributed by atoms with E-state index in [2.05, 4.69) is 20.5 Å². The second-order valence-electron chi connectivity index (χ2n) is 3.77. The molecule has 8 heteroatoms. The molecular formula is C10H10N4O2S2. The Labute approximate surface area is 111 Å². The van der Waals surface area contributed by atoms with Gasteiger partial charge in [0, 0.05) is 12.0 Å². The molecule has 0 bridgehead atoms. The van der Waals surface area contributed by atoms with Gasteiger partial charge in [0.2, 0.25) is 5.13 Å². The van der Waals surface area contributed by atoms with E-state index in [-0.39, 0.29) is 12.0 Å². The zero-order chi connectivity index (χ0) is 12.4. The van der Waals surface area contributed by atoms with E-state index in [1.54, 1.807) is 10.9 Å². The van der Waals surface area contributed by atoms with E-state index in [1.807, 2.05) is 0 Å². The van der Waals surface area contributed by atoms with Crippen molar-refractivity contribution < 1.29 is 9.53 Å². The molecular weight excluding hydrogens is 272 g/mol. The first kappa shape index (κ1) is 11.7.